The summed E-state index contributed by atoms with van der Waals surface area (Å²) in [4.78, 5) is 27.5. The Morgan fingerprint density at radius 1 is 1.30 bits per heavy atom. The molecule has 3 heterocycles. The summed E-state index contributed by atoms with van der Waals surface area (Å²) in [5.41, 5.74) is 0.503. The fourth-order valence-electron chi connectivity index (χ4n) is 3.23. The SMILES string of the molecule is COc1cccc([C@H]2C(C(=O)c3ccc(C)o3)=C(O)C(=O)N2c2nnc(SC)s2)c1. The predicted octanol–water partition coefficient (Wildman–Crippen LogP) is 3.95. The molecule has 0 saturated carbocycles. The molecule has 2 aromatic heterocycles. The van der Waals surface area contributed by atoms with Crippen molar-refractivity contribution >= 4 is 39.9 Å². The number of aliphatic hydroxyl groups excluding tert-OH is 1. The fraction of sp³-hybridized carbons (Fsp3) is 0.200. The van der Waals surface area contributed by atoms with Crippen LogP contribution in [0, 0.1) is 6.92 Å². The minimum atomic E-state index is -0.909. The summed E-state index contributed by atoms with van der Waals surface area (Å²) in [7, 11) is 1.52. The molecule has 1 aromatic carbocycles. The number of nitrogens with zero attached hydrogens (tertiary/aromatic N) is 3. The molecule has 1 aliphatic heterocycles. The van der Waals surface area contributed by atoms with Gasteiger partial charge in [0.2, 0.25) is 10.9 Å². The smallest absolute Gasteiger partial charge is 0.296 e. The van der Waals surface area contributed by atoms with Crippen molar-refractivity contribution < 1.29 is 23.8 Å². The molecule has 0 bridgehead atoms. The van der Waals surface area contributed by atoms with E-state index in [1.54, 1.807) is 37.3 Å². The van der Waals surface area contributed by atoms with Gasteiger partial charge in [-0.15, -0.1) is 10.2 Å². The fourth-order valence-corrected chi connectivity index (χ4v) is 4.52. The molecule has 154 valence electrons. The number of rotatable bonds is 6. The van der Waals surface area contributed by atoms with E-state index in [2.05, 4.69) is 10.2 Å². The van der Waals surface area contributed by atoms with Crippen LogP contribution in [-0.4, -0.2) is 40.4 Å². The van der Waals surface area contributed by atoms with Gasteiger partial charge in [0.25, 0.3) is 5.91 Å². The molecular formula is C20H17N3O5S2. The van der Waals surface area contributed by atoms with Gasteiger partial charge in [-0.1, -0.05) is 35.2 Å². The van der Waals surface area contributed by atoms with Crippen LogP contribution >= 0.6 is 23.1 Å². The molecule has 0 fully saturated rings. The third-order valence-corrected chi connectivity index (χ3v) is 6.50. The van der Waals surface area contributed by atoms with Gasteiger partial charge in [-0.3, -0.25) is 14.5 Å². The standard InChI is InChI=1S/C20H17N3O5S2/c1-10-7-8-13(28-10)16(24)14-15(11-5-4-6-12(9-11)27-2)23(18(26)17(14)25)19-21-22-20(29-3)30-19/h4-9,15,25H,1-3H3/t15-/m0/s1. The monoisotopic (exact) mass is 443 g/mol. The molecule has 1 atom stereocenters. The average molecular weight is 444 g/mol. The number of ether oxygens (including phenoxy) is 1. The highest BCUT2D eigenvalue weighted by Crippen LogP contribution is 2.44. The van der Waals surface area contributed by atoms with Gasteiger partial charge in [-0.25, -0.2) is 0 Å². The van der Waals surface area contributed by atoms with Crippen LogP contribution in [0.2, 0.25) is 0 Å². The molecule has 8 nitrogen and oxygen atoms in total. The van der Waals surface area contributed by atoms with Crippen molar-refractivity contribution in [3.05, 3.63) is 64.8 Å². The molecule has 30 heavy (non-hydrogen) atoms. The second kappa shape index (κ2) is 7.96. The predicted molar refractivity (Wildman–Crippen MR) is 112 cm³/mol. The zero-order valence-corrected chi connectivity index (χ0v) is 17.9. The van der Waals surface area contributed by atoms with Gasteiger partial charge in [0.15, 0.2) is 15.9 Å². The van der Waals surface area contributed by atoms with Gasteiger partial charge in [-0.2, -0.15) is 0 Å². The quantitative estimate of drug-likeness (QED) is 0.347. The van der Waals surface area contributed by atoms with Gasteiger partial charge in [0, 0.05) is 0 Å². The molecular weight excluding hydrogens is 426 g/mol. The van der Waals surface area contributed by atoms with Crippen LogP contribution in [0.25, 0.3) is 0 Å². The van der Waals surface area contributed by atoms with E-state index >= 15 is 0 Å². The van der Waals surface area contributed by atoms with Crippen LogP contribution in [0.5, 0.6) is 5.75 Å². The van der Waals surface area contributed by atoms with Crippen LogP contribution in [0.15, 0.2) is 56.5 Å². The first-order valence-corrected chi connectivity index (χ1v) is 10.9. The van der Waals surface area contributed by atoms with E-state index < -0.39 is 23.5 Å². The number of hydrogen-bond donors (Lipinski definition) is 1. The molecule has 0 saturated heterocycles. The zero-order valence-electron chi connectivity index (χ0n) is 16.3. The highest BCUT2D eigenvalue weighted by molar-refractivity contribution is 8.00. The number of aliphatic hydroxyl groups is 1. The summed E-state index contributed by atoms with van der Waals surface area (Å²) >= 11 is 2.59. The Labute approximate surface area is 180 Å². The molecule has 3 aromatic rings. The number of thioether (sulfide) groups is 1. The second-order valence-electron chi connectivity index (χ2n) is 6.41. The highest BCUT2D eigenvalue weighted by Gasteiger charge is 2.46. The van der Waals surface area contributed by atoms with E-state index in [-0.39, 0.29) is 16.5 Å². The maximum absolute atomic E-state index is 13.2. The number of aryl methyl sites for hydroxylation is 1. The second-order valence-corrected chi connectivity index (χ2v) is 8.42. The molecule has 0 radical (unpaired) electrons. The first kappa shape index (κ1) is 20.2. The minimum Gasteiger partial charge on any atom is -0.503 e. The van der Waals surface area contributed by atoms with Crippen LogP contribution in [0.1, 0.15) is 27.9 Å². The summed E-state index contributed by atoms with van der Waals surface area (Å²) < 4.78 is 11.4. The molecule has 0 aliphatic carbocycles. The lowest BCUT2D eigenvalue weighted by atomic mass is 9.95. The number of hydrogen-bond acceptors (Lipinski definition) is 9. The van der Waals surface area contributed by atoms with Crippen LogP contribution in [0.3, 0.4) is 0 Å². The number of furan rings is 1. The molecule has 4 rings (SSSR count). The Balaban J connectivity index is 1.87. The molecule has 10 heteroatoms. The number of Topliss-reactive ketones (excluding diaryl/α,β-unsaturated/α-hetero) is 1. The average Bonchev–Trinajstić information content (AvgIpc) is 3.46. The molecule has 1 aliphatic rings. The lowest BCUT2D eigenvalue weighted by Gasteiger charge is -2.24. The summed E-state index contributed by atoms with van der Waals surface area (Å²) in [6, 6.07) is 9.22. The Kier molecular flexibility index (Phi) is 5.35. The molecule has 0 spiro atoms. The van der Waals surface area contributed by atoms with Gasteiger partial charge < -0.3 is 14.3 Å². The van der Waals surface area contributed by atoms with Gasteiger partial charge in [0.1, 0.15) is 11.5 Å². The van der Waals surface area contributed by atoms with Crippen LogP contribution in [0.4, 0.5) is 5.13 Å². The topological polar surface area (TPSA) is 106 Å². The minimum absolute atomic E-state index is 0.0404. The van der Waals surface area contributed by atoms with Crippen molar-refractivity contribution in [2.75, 3.05) is 18.3 Å². The lowest BCUT2D eigenvalue weighted by Crippen LogP contribution is -2.31. The first-order chi connectivity index (χ1) is 14.4. The van der Waals surface area contributed by atoms with Crippen molar-refractivity contribution in [3.63, 3.8) is 0 Å². The van der Waals surface area contributed by atoms with Gasteiger partial charge >= 0.3 is 0 Å². The van der Waals surface area contributed by atoms with Crippen LogP contribution < -0.4 is 9.64 Å². The number of carbonyl (C=O) groups is 2. The van der Waals surface area contributed by atoms with E-state index in [0.717, 1.165) is 0 Å². The van der Waals surface area contributed by atoms with Crippen molar-refractivity contribution in [2.45, 2.75) is 17.3 Å². The number of carbonyl (C=O) groups excluding carboxylic acids is 2. The number of aromatic nitrogens is 2. The van der Waals surface area contributed by atoms with E-state index in [0.29, 0.717) is 21.4 Å². The largest absolute Gasteiger partial charge is 0.503 e. The number of amides is 1. The lowest BCUT2D eigenvalue weighted by molar-refractivity contribution is -0.117. The summed E-state index contributed by atoms with van der Waals surface area (Å²) in [5, 5.41) is 19.1. The van der Waals surface area contributed by atoms with E-state index in [4.69, 9.17) is 9.15 Å². The third kappa shape index (κ3) is 3.37. The van der Waals surface area contributed by atoms with Crippen molar-refractivity contribution in [1.29, 1.82) is 0 Å². The molecule has 0 unspecified atom stereocenters. The van der Waals surface area contributed by atoms with Crippen molar-refractivity contribution in [3.8, 4) is 5.75 Å². The zero-order chi connectivity index (χ0) is 21.4. The number of anilines is 1. The van der Waals surface area contributed by atoms with E-state index in [1.165, 1.54) is 41.2 Å². The summed E-state index contributed by atoms with van der Waals surface area (Å²) in [6.07, 6.45) is 1.85. The van der Waals surface area contributed by atoms with E-state index in [1.807, 2.05) is 6.26 Å². The molecule has 1 N–H and O–H groups in total. The Morgan fingerprint density at radius 3 is 2.73 bits per heavy atom. The number of ketones is 1. The maximum Gasteiger partial charge on any atom is 0.296 e. The van der Waals surface area contributed by atoms with Gasteiger partial charge in [-0.05, 0) is 43.0 Å². The Morgan fingerprint density at radius 2 is 2.10 bits per heavy atom. The van der Waals surface area contributed by atoms with Crippen molar-refractivity contribution in [2.24, 2.45) is 0 Å². The van der Waals surface area contributed by atoms with Crippen molar-refractivity contribution in [1.82, 2.24) is 10.2 Å². The first-order valence-electron chi connectivity index (χ1n) is 8.84. The summed E-state index contributed by atoms with van der Waals surface area (Å²) in [6.45, 7) is 1.71. The Bertz CT molecular complexity index is 1170. The van der Waals surface area contributed by atoms with Crippen LogP contribution in [-0.2, 0) is 4.79 Å². The van der Waals surface area contributed by atoms with E-state index in [9.17, 15) is 14.7 Å². The molecule has 1 amide bonds. The third-order valence-electron chi connectivity index (χ3n) is 4.60. The Hall–Kier alpha value is -3.11. The number of methoxy groups -OCH3 is 1. The summed E-state index contributed by atoms with van der Waals surface area (Å²) in [5.74, 6) is -0.793. The highest BCUT2D eigenvalue weighted by atomic mass is 32.2. The number of benzene rings is 1. The van der Waals surface area contributed by atoms with Gasteiger partial charge in [0.05, 0.1) is 18.7 Å². The normalized spacial score (nSPS) is 16.4. The maximum atomic E-state index is 13.2.